The van der Waals surface area contributed by atoms with Gasteiger partial charge in [-0.2, -0.15) is 0 Å². The van der Waals surface area contributed by atoms with Crippen LogP contribution < -0.4 is 4.74 Å². The van der Waals surface area contributed by atoms with Crippen LogP contribution in [0.5, 0.6) is 5.75 Å². The molecule has 0 spiro atoms. The van der Waals surface area contributed by atoms with Crippen LogP contribution in [0.4, 0.5) is 0 Å². The number of allylic oxidation sites excluding steroid dienone is 2. The van der Waals surface area contributed by atoms with Gasteiger partial charge in [0.25, 0.3) is 5.60 Å². The number of carbonyl (C=O) groups is 8. The maximum atomic E-state index is 14.6. The molecule has 1 heterocycles. The summed E-state index contributed by atoms with van der Waals surface area (Å²) in [7, 11) is 1.02. The van der Waals surface area contributed by atoms with Crippen molar-refractivity contribution in [2.75, 3.05) is 13.7 Å². The molecule has 0 radical (unpaired) electrons. The zero-order chi connectivity index (χ0) is 38.2. The van der Waals surface area contributed by atoms with Crippen molar-refractivity contribution >= 4 is 53.5 Å². The first-order valence-electron chi connectivity index (χ1n) is 15.2. The molecule has 0 bridgehead atoms. The third-order valence-corrected chi connectivity index (χ3v) is 7.19. The van der Waals surface area contributed by atoms with Gasteiger partial charge in [-0.25, -0.2) is 0 Å². The van der Waals surface area contributed by atoms with Crippen LogP contribution in [0.15, 0.2) is 53.5 Å². The minimum Gasteiger partial charge on any atom is -0.507 e. The van der Waals surface area contributed by atoms with Gasteiger partial charge in [0.15, 0.2) is 36.0 Å². The minimum absolute atomic E-state index is 0.230. The Labute approximate surface area is 291 Å². The molecule has 17 nitrogen and oxygen atoms in total. The van der Waals surface area contributed by atoms with E-state index in [0.717, 1.165) is 53.9 Å². The van der Waals surface area contributed by atoms with E-state index >= 15 is 0 Å². The fraction of sp³-hybridized carbons (Fsp3) is 0.412. The molecule has 0 amide bonds. The van der Waals surface area contributed by atoms with Crippen molar-refractivity contribution in [2.45, 2.75) is 77.7 Å². The van der Waals surface area contributed by atoms with Gasteiger partial charge in [0.05, 0.1) is 7.11 Å². The highest BCUT2D eigenvalue weighted by Crippen LogP contribution is 2.44. The van der Waals surface area contributed by atoms with E-state index in [1.54, 1.807) is 0 Å². The van der Waals surface area contributed by atoms with E-state index in [1.807, 2.05) is 0 Å². The Hall–Kier alpha value is -5.84. The van der Waals surface area contributed by atoms with Crippen LogP contribution in [0.25, 0.3) is 6.08 Å². The third kappa shape index (κ3) is 9.45. The molecule has 1 saturated heterocycles. The number of hydrogen-bond donors (Lipinski definition) is 1. The van der Waals surface area contributed by atoms with Gasteiger partial charge >= 0.3 is 35.8 Å². The molecule has 1 aliphatic carbocycles. The van der Waals surface area contributed by atoms with Crippen molar-refractivity contribution in [3.63, 3.8) is 0 Å². The van der Waals surface area contributed by atoms with Crippen LogP contribution in [0.3, 0.4) is 0 Å². The lowest BCUT2D eigenvalue weighted by Crippen LogP contribution is -2.71. The predicted molar refractivity (Wildman–Crippen MR) is 168 cm³/mol. The number of aliphatic hydroxyl groups excluding tert-OH is 1. The molecule has 3 rings (SSSR count). The first-order chi connectivity index (χ1) is 23.9. The Kier molecular flexibility index (Phi) is 13.0. The molecule has 1 aromatic rings. The lowest BCUT2D eigenvalue weighted by molar-refractivity contribution is -0.278. The largest absolute Gasteiger partial charge is 0.507 e. The zero-order valence-corrected chi connectivity index (χ0v) is 28.6. The predicted octanol–water partition coefficient (Wildman–Crippen LogP) is 1.55. The third-order valence-electron chi connectivity index (χ3n) is 7.19. The average molecular weight is 717 g/mol. The van der Waals surface area contributed by atoms with Crippen molar-refractivity contribution < 1.29 is 81.4 Å². The molecule has 1 fully saturated rings. The lowest BCUT2D eigenvalue weighted by atomic mass is 9.74. The smallest absolute Gasteiger partial charge is 0.308 e. The number of benzene rings is 1. The van der Waals surface area contributed by atoms with E-state index in [0.29, 0.717) is 5.56 Å². The van der Waals surface area contributed by atoms with Gasteiger partial charge in [0.1, 0.15) is 29.8 Å². The monoisotopic (exact) mass is 716 g/mol. The number of aliphatic hydroxyl groups is 1. The van der Waals surface area contributed by atoms with E-state index in [1.165, 1.54) is 37.3 Å². The SMILES string of the molecule is COC1=CC(=O)/C(=C(O)\C=C\c2ccc(OC(C)=O)cc2)C(=O)[C@]1(OC(C)=O)[C@@H]1O[C@H](COC(C)=O)[C@@H](OC(C)=O)[C@H](OC(C)=O)[C@H]1OC(C)=O. The summed E-state index contributed by atoms with van der Waals surface area (Å²) in [4.78, 5) is 101. The first kappa shape index (κ1) is 39.6. The van der Waals surface area contributed by atoms with Crippen molar-refractivity contribution in [1.82, 2.24) is 0 Å². The second-order valence-electron chi connectivity index (χ2n) is 11.1. The fourth-order valence-corrected chi connectivity index (χ4v) is 5.44. The van der Waals surface area contributed by atoms with E-state index in [2.05, 4.69) is 0 Å². The summed E-state index contributed by atoms with van der Waals surface area (Å²) in [5.74, 6) is -9.34. The lowest BCUT2D eigenvalue weighted by Gasteiger charge is -2.50. The highest BCUT2D eigenvalue weighted by atomic mass is 16.7. The molecule has 1 aromatic carbocycles. The molecule has 0 aromatic heterocycles. The van der Waals surface area contributed by atoms with E-state index < -0.39 is 107 Å². The standard InChI is InChI=1S/C34H36O17/c1-16(35)45-15-26-29(47-18(3)37)30(48-19(4)38)31(49-20(5)39)33(50-26)34(51-21(6)40)27(44-7)14-25(42)28(32(34)43)24(41)13-10-22-8-11-23(12-9-22)46-17(2)36/h8-14,26,29-31,33,41H,15H2,1-7H3/b13-10+,28-24-/t26-,29-,30+,31-,33-,34+/m1/s1. The maximum absolute atomic E-state index is 14.6. The Bertz CT molecular complexity index is 1680. The Balaban J connectivity index is 2.31. The van der Waals surface area contributed by atoms with E-state index in [-0.39, 0.29) is 5.75 Å². The van der Waals surface area contributed by atoms with Gasteiger partial charge in [-0.15, -0.1) is 0 Å². The molecular formula is C34H36O17. The first-order valence-corrected chi connectivity index (χ1v) is 15.2. The van der Waals surface area contributed by atoms with Crippen molar-refractivity contribution in [3.8, 4) is 5.75 Å². The van der Waals surface area contributed by atoms with Crippen LogP contribution in [-0.4, -0.2) is 102 Å². The average Bonchev–Trinajstić information content (AvgIpc) is 3.01. The van der Waals surface area contributed by atoms with Gasteiger partial charge < -0.3 is 43.0 Å². The number of rotatable bonds is 11. The van der Waals surface area contributed by atoms with Gasteiger partial charge in [-0.05, 0) is 23.8 Å². The number of esters is 6. The number of ether oxygens (including phenoxy) is 8. The van der Waals surface area contributed by atoms with Crippen LogP contribution in [-0.2, 0) is 71.5 Å². The zero-order valence-electron chi connectivity index (χ0n) is 28.6. The molecule has 2 aliphatic rings. The molecule has 17 heteroatoms. The highest BCUT2D eigenvalue weighted by Gasteiger charge is 2.67. The molecular weight excluding hydrogens is 680 g/mol. The van der Waals surface area contributed by atoms with Gasteiger partial charge in [-0.1, -0.05) is 18.2 Å². The van der Waals surface area contributed by atoms with Crippen molar-refractivity contribution in [1.29, 1.82) is 0 Å². The normalized spacial score (nSPS) is 25.5. The molecule has 274 valence electrons. The van der Waals surface area contributed by atoms with Gasteiger partial charge in [0.2, 0.25) is 5.78 Å². The summed E-state index contributed by atoms with van der Waals surface area (Å²) < 4.78 is 43.5. The van der Waals surface area contributed by atoms with E-state index in [9.17, 15) is 43.5 Å². The number of carbonyl (C=O) groups excluding carboxylic acids is 8. The van der Waals surface area contributed by atoms with Gasteiger partial charge in [0, 0.05) is 47.6 Å². The Morgan fingerprint density at radius 2 is 1.35 bits per heavy atom. The van der Waals surface area contributed by atoms with Gasteiger partial charge in [-0.3, -0.25) is 38.4 Å². The van der Waals surface area contributed by atoms with Crippen LogP contribution in [0.1, 0.15) is 47.1 Å². The summed E-state index contributed by atoms with van der Waals surface area (Å²) in [6.07, 6.45) is -6.06. The summed E-state index contributed by atoms with van der Waals surface area (Å²) >= 11 is 0. The number of Topliss-reactive ketones (excluding diaryl/α,β-unsaturated/α-hetero) is 1. The number of methoxy groups -OCH3 is 1. The summed E-state index contributed by atoms with van der Waals surface area (Å²) in [6, 6.07) is 5.90. The van der Waals surface area contributed by atoms with Crippen molar-refractivity contribution in [2.24, 2.45) is 0 Å². The van der Waals surface area contributed by atoms with E-state index in [4.69, 9.17) is 37.9 Å². The fourth-order valence-electron chi connectivity index (χ4n) is 5.44. The highest BCUT2D eigenvalue weighted by molar-refractivity contribution is 6.30. The summed E-state index contributed by atoms with van der Waals surface area (Å²) in [5, 5.41) is 11.2. The Morgan fingerprint density at radius 3 is 1.86 bits per heavy atom. The molecule has 1 aliphatic heterocycles. The minimum atomic E-state index is -2.90. The van der Waals surface area contributed by atoms with Crippen molar-refractivity contribution in [3.05, 3.63) is 59.1 Å². The second-order valence-corrected chi connectivity index (χ2v) is 11.1. The van der Waals surface area contributed by atoms with Crippen LogP contribution in [0.2, 0.25) is 0 Å². The van der Waals surface area contributed by atoms with Crippen LogP contribution >= 0.6 is 0 Å². The number of hydrogen-bond acceptors (Lipinski definition) is 17. The van der Waals surface area contributed by atoms with Crippen LogP contribution in [0, 0.1) is 0 Å². The maximum Gasteiger partial charge on any atom is 0.308 e. The quantitative estimate of drug-likeness (QED) is 0.0855. The molecule has 51 heavy (non-hydrogen) atoms. The summed E-state index contributed by atoms with van der Waals surface area (Å²) in [5.41, 5.74) is -3.41. The topological polar surface area (TPSA) is 231 Å². The second kappa shape index (κ2) is 16.7. The number of ketones is 2. The molecule has 1 N–H and O–H groups in total. The summed E-state index contributed by atoms with van der Waals surface area (Å²) in [6.45, 7) is 5.40. The molecule has 6 atom stereocenters. The molecule has 0 unspecified atom stereocenters. The molecule has 0 saturated carbocycles. The Morgan fingerprint density at radius 1 is 0.784 bits per heavy atom.